The number of aromatic nitrogens is 2. The van der Waals surface area contributed by atoms with Gasteiger partial charge in [-0.2, -0.15) is 0 Å². The largest absolute Gasteiger partial charge is 0.497 e. The smallest absolute Gasteiger partial charge is 0.140 e. The Bertz CT molecular complexity index is 1040. The van der Waals surface area contributed by atoms with Crippen LogP contribution in [0.2, 0.25) is 0 Å². The molecule has 5 rings (SSSR count). The summed E-state index contributed by atoms with van der Waals surface area (Å²) in [6.45, 7) is 3.86. The quantitative estimate of drug-likeness (QED) is 0.679. The van der Waals surface area contributed by atoms with E-state index >= 15 is 0 Å². The third-order valence-corrected chi connectivity index (χ3v) is 5.88. The van der Waals surface area contributed by atoms with Gasteiger partial charge in [0.15, 0.2) is 0 Å². The number of nitrogens with zero attached hydrogens (tertiary/aromatic N) is 2. The summed E-state index contributed by atoms with van der Waals surface area (Å²) in [6, 6.07) is 12.7. The molecule has 3 aromatic rings. The molecule has 5 heteroatoms. The average molecular weight is 389 g/mol. The zero-order chi connectivity index (χ0) is 19.8. The molecule has 2 aliphatic rings. The first kappa shape index (κ1) is 18.1. The van der Waals surface area contributed by atoms with Crippen molar-refractivity contribution in [2.75, 3.05) is 12.4 Å². The minimum atomic E-state index is 0.214. The molecule has 1 unspecified atom stereocenters. The Kier molecular flexibility index (Phi) is 4.66. The number of fused-ring (bicyclic) bond motifs is 2. The van der Waals surface area contributed by atoms with Crippen molar-refractivity contribution >= 4 is 5.69 Å². The van der Waals surface area contributed by atoms with E-state index in [1.165, 1.54) is 24.1 Å². The first-order valence-corrected chi connectivity index (χ1v) is 10.5. The molecule has 2 aliphatic heterocycles. The highest BCUT2D eigenvalue weighted by Crippen LogP contribution is 2.36. The van der Waals surface area contributed by atoms with E-state index in [1.807, 2.05) is 6.20 Å². The first-order valence-electron chi connectivity index (χ1n) is 10.5. The summed E-state index contributed by atoms with van der Waals surface area (Å²) in [4.78, 5) is 4.70. The second-order valence-corrected chi connectivity index (χ2v) is 8.02. The molecule has 0 fully saturated rings. The lowest BCUT2D eigenvalue weighted by molar-refractivity contribution is 0.252. The van der Waals surface area contributed by atoms with Gasteiger partial charge in [-0.25, -0.2) is 4.98 Å². The van der Waals surface area contributed by atoms with Crippen LogP contribution in [-0.2, 0) is 25.9 Å². The minimum absolute atomic E-state index is 0.214. The Morgan fingerprint density at radius 2 is 2.17 bits per heavy atom. The predicted octanol–water partition coefficient (Wildman–Crippen LogP) is 4.83. The minimum Gasteiger partial charge on any atom is -0.497 e. The highest BCUT2D eigenvalue weighted by Gasteiger charge is 2.23. The standard InChI is InChI=1S/C24H27N3O2/c1-16-10-18-12-22(28-2)13-19(23(18)29-16)14-25-20-7-5-6-17(11-20)24-26-15-21-8-3-4-9-27(21)24/h5-7,11-13,15-16,25H,3-4,8-10,14H2,1-2H3. The SMILES string of the molecule is COc1cc(CNc2cccc(-c3ncc4n3CCCC4)c2)c2c(c1)CC(C)O2. The Balaban J connectivity index is 1.38. The molecule has 29 heavy (non-hydrogen) atoms. The van der Waals surface area contributed by atoms with Crippen molar-refractivity contribution in [2.24, 2.45) is 0 Å². The maximum Gasteiger partial charge on any atom is 0.140 e. The summed E-state index contributed by atoms with van der Waals surface area (Å²) in [5, 5.41) is 3.57. The van der Waals surface area contributed by atoms with Gasteiger partial charge in [-0.3, -0.25) is 0 Å². The number of methoxy groups -OCH3 is 1. The number of aryl methyl sites for hydroxylation is 1. The van der Waals surface area contributed by atoms with Gasteiger partial charge in [0, 0.05) is 53.8 Å². The molecule has 1 N–H and O–H groups in total. The topological polar surface area (TPSA) is 48.3 Å². The molecule has 3 heterocycles. The van der Waals surface area contributed by atoms with Crippen molar-refractivity contribution < 1.29 is 9.47 Å². The lowest BCUT2D eigenvalue weighted by Crippen LogP contribution is -2.10. The van der Waals surface area contributed by atoms with Crippen LogP contribution in [-0.4, -0.2) is 22.8 Å². The predicted molar refractivity (Wildman–Crippen MR) is 115 cm³/mol. The van der Waals surface area contributed by atoms with Gasteiger partial charge in [0.2, 0.25) is 0 Å². The van der Waals surface area contributed by atoms with Crippen molar-refractivity contribution in [3.8, 4) is 22.9 Å². The number of benzene rings is 2. The van der Waals surface area contributed by atoms with Crippen molar-refractivity contribution in [2.45, 2.75) is 51.8 Å². The summed E-state index contributed by atoms with van der Waals surface area (Å²) < 4.78 is 13.9. The molecule has 2 aromatic carbocycles. The van der Waals surface area contributed by atoms with E-state index in [0.29, 0.717) is 6.54 Å². The number of rotatable bonds is 5. The summed E-state index contributed by atoms with van der Waals surface area (Å²) in [5.74, 6) is 2.96. The average Bonchev–Trinajstić information content (AvgIpc) is 3.34. The number of hydrogen-bond donors (Lipinski definition) is 1. The van der Waals surface area contributed by atoms with Crippen LogP contribution in [0.1, 0.15) is 36.6 Å². The van der Waals surface area contributed by atoms with Gasteiger partial charge in [0.05, 0.1) is 7.11 Å². The fourth-order valence-electron chi connectivity index (χ4n) is 4.46. The van der Waals surface area contributed by atoms with Crippen LogP contribution < -0.4 is 14.8 Å². The molecule has 0 aliphatic carbocycles. The molecule has 0 spiro atoms. The van der Waals surface area contributed by atoms with Crippen LogP contribution in [0, 0.1) is 0 Å². The van der Waals surface area contributed by atoms with Crippen molar-refractivity contribution in [3.63, 3.8) is 0 Å². The van der Waals surface area contributed by atoms with Gasteiger partial charge < -0.3 is 19.4 Å². The molecule has 5 nitrogen and oxygen atoms in total. The van der Waals surface area contributed by atoms with Gasteiger partial charge in [-0.1, -0.05) is 12.1 Å². The van der Waals surface area contributed by atoms with Crippen molar-refractivity contribution in [1.29, 1.82) is 0 Å². The summed E-state index contributed by atoms with van der Waals surface area (Å²) in [5.41, 5.74) is 5.95. The highest BCUT2D eigenvalue weighted by atomic mass is 16.5. The fourth-order valence-corrected chi connectivity index (χ4v) is 4.46. The molecule has 1 atom stereocenters. The van der Waals surface area contributed by atoms with Crippen LogP contribution in [0.5, 0.6) is 11.5 Å². The van der Waals surface area contributed by atoms with Crippen LogP contribution in [0.3, 0.4) is 0 Å². The van der Waals surface area contributed by atoms with Crippen LogP contribution in [0.4, 0.5) is 5.69 Å². The van der Waals surface area contributed by atoms with Crippen LogP contribution in [0.15, 0.2) is 42.6 Å². The van der Waals surface area contributed by atoms with Crippen molar-refractivity contribution in [1.82, 2.24) is 9.55 Å². The molecule has 0 amide bonds. The fraction of sp³-hybridized carbons (Fsp3) is 0.375. The second-order valence-electron chi connectivity index (χ2n) is 8.02. The van der Waals surface area contributed by atoms with E-state index in [1.54, 1.807) is 7.11 Å². The second kappa shape index (κ2) is 7.47. The van der Waals surface area contributed by atoms with E-state index in [-0.39, 0.29) is 6.10 Å². The number of anilines is 1. The van der Waals surface area contributed by atoms with Gasteiger partial charge in [-0.05, 0) is 50.5 Å². The maximum absolute atomic E-state index is 6.06. The molecule has 150 valence electrons. The molecule has 0 saturated carbocycles. The van der Waals surface area contributed by atoms with E-state index in [9.17, 15) is 0 Å². The zero-order valence-electron chi connectivity index (χ0n) is 17.1. The molecule has 0 radical (unpaired) electrons. The zero-order valence-corrected chi connectivity index (χ0v) is 17.1. The Hall–Kier alpha value is -2.95. The molecular formula is C24H27N3O2. The number of nitrogens with one attached hydrogen (secondary N) is 1. The molecule has 1 aromatic heterocycles. The van der Waals surface area contributed by atoms with Gasteiger partial charge in [0.25, 0.3) is 0 Å². The van der Waals surface area contributed by atoms with Gasteiger partial charge in [0.1, 0.15) is 23.4 Å². The summed E-state index contributed by atoms with van der Waals surface area (Å²) in [7, 11) is 1.72. The van der Waals surface area contributed by atoms with Crippen LogP contribution in [0.25, 0.3) is 11.4 Å². The highest BCUT2D eigenvalue weighted by molar-refractivity contribution is 5.64. The van der Waals surface area contributed by atoms with Crippen molar-refractivity contribution in [3.05, 3.63) is 59.4 Å². The monoisotopic (exact) mass is 389 g/mol. The third kappa shape index (κ3) is 3.46. The molecule has 0 bridgehead atoms. The lowest BCUT2D eigenvalue weighted by atomic mass is 10.1. The van der Waals surface area contributed by atoms with Gasteiger partial charge >= 0.3 is 0 Å². The molecular weight excluding hydrogens is 362 g/mol. The Morgan fingerprint density at radius 3 is 3.07 bits per heavy atom. The van der Waals surface area contributed by atoms with E-state index < -0.39 is 0 Å². The van der Waals surface area contributed by atoms with E-state index in [2.05, 4.69) is 53.2 Å². The molecule has 0 saturated heterocycles. The lowest BCUT2D eigenvalue weighted by Gasteiger charge is -2.17. The Labute approximate surface area is 171 Å². The summed E-state index contributed by atoms with van der Waals surface area (Å²) >= 11 is 0. The number of imidazole rings is 1. The van der Waals surface area contributed by atoms with E-state index in [0.717, 1.165) is 53.5 Å². The first-order chi connectivity index (χ1) is 14.2. The Morgan fingerprint density at radius 1 is 1.24 bits per heavy atom. The summed E-state index contributed by atoms with van der Waals surface area (Å²) in [6.07, 6.45) is 6.80. The maximum atomic E-state index is 6.06. The number of ether oxygens (including phenoxy) is 2. The third-order valence-electron chi connectivity index (χ3n) is 5.88. The normalized spacial score (nSPS) is 17.4. The van der Waals surface area contributed by atoms with E-state index in [4.69, 9.17) is 14.5 Å². The van der Waals surface area contributed by atoms with Crippen LogP contribution >= 0.6 is 0 Å². The number of hydrogen-bond acceptors (Lipinski definition) is 4. The van der Waals surface area contributed by atoms with Gasteiger partial charge in [-0.15, -0.1) is 0 Å².